The largest absolute Gasteiger partial charge is 0.462 e. The van der Waals surface area contributed by atoms with Crippen molar-refractivity contribution in [2.45, 2.75) is 200 Å². The van der Waals surface area contributed by atoms with Crippen LogP contribution in [0.2, 0.25) is 0 Å². The van der Waals surface area contributed by atoms with E-state index in [1.54, 1.807) is 0 Å². The van der Waals surface area contributed by atoms with Crippen molar-refractivity contribution >= 4 is 27.9 Å². The number of ether oxygens (including phenoxy) is 2. The quantitative estimate of drug-likeness (QED) is 0.0293. The Labute approximate surface area is 282 Å². The van der Waals surface area contributed by atoms with Gasteiger partial charge in [-0.05, 0) is 64.2 Å². The van der Waals surface area contributed by atoms with Crippen molar-refractivity contribution in [1.29, 1.82) is 0 Å². The Morgan fingerprint density at radius 3 is 1.23 bits per heavy atom. The number of allylic oxidation sites excluding steroid dienone is 4. The Kier molecular flexibility index (Phi) is 35.5. The lowest BCUT2D eigenvalue weighted by molar-refractivity contribution is -0.157. The minimum Gasteiger partial charge on any atom is -0.462 e. The third-order valence-corrected chi connectivity index (χ3v) is 8.91. The lowest BCUT2D eigenvalue weighted by atomic mass is 10.1. The average Bonchev–Trinajstić information content (AvgIpc) is 3.02. The van der Waals surface area contributed by atoms with Crippen LogP contribution < -0.4 is 0 Å². The van der Waals surface area contributed by atoms with E-state index in [0.29, 0.717) is 18.2 Å². The molecule has 0 spiro atoms. The first kappa shape index (κ1) is 42.9. The molecular weight excluding hydrogens is 612 g/mol. The fourth-order valence-corrected chi connectivity index (χ4v) is 5.61. The van der Waals surface area contributed by atoms with Crippen LogP contribution in [-0.2, 0) is 19.1 Å². The van der Waals surface area contributed by atoms with Gasteiger partial charge >= 0.3 is 11.9 Å². The predicted octanol–water partition coefficient (Wildman–Crippen LogP) is 12.9. The minimum atomic E-state index is -0.413. The predicted molar refractivity (Wildman–Crippen MR) is 194 cm³/mol. The van der Waals surface area contributed by atoms with Gasteiger partial charge in [-0.2, -0.15) is 0 Å². The van der Waals surface area contributed by atoms with Gasteiger partial charge in [0.15, 0.2) is 0 Å². The molecule has 258 valence electrons. The summed E-state index contributed by atoms with van der Waals surface area (Å²) in [7, 11) is 0. The lowest BCUT2D eigenvalue weighted by Crippen LogP contribution is -2.26. The molecule has 0 aliphatic carbocycles. The molecule has 0 radical (unpaired) electrons. The van der Waals surface area contributed by atoms with Crippen LogP contribution in [0.5, 0.6) is 0 Å². The van der Waals surface area contributed by atoms with Crippen LogP contribution in [0.3, 0.4) is 0 Å². The van der Waals surface area contributed by atoms with Gasteiger partial charge in [0.25, 0.3) is 0 Å². The number of alkyl halides is 1. The van der Waals surface area contributed by atoms with Crippen molar-refractivity contribution in [3.63, 3.8) is 0 Å². The molecule has 44 heavy (non-hydrogen) atoms. The maximum Gasteiger partial charge on any atom is 0.306 e. The normalized spacial score (nSPS) is 12.3. The third kappa shape index (κ3) is 33.8. The number of carbonyl (C=O) groups excluding carboxylic acids is 2. The molecule has 0 amide bonds. The van der Waals surface area contributed by atoms with E-state index in [-0.39, 0.29) is 18.5 Å². The maximum absolute atomic E-state index is 12.2. The second-order valence-corrected chi connectivity index (χ2v) is 13.3. The van der Waals surface area contributed by atoms with E-state index < -0.39 is 6.10 Å². The van der Waals surface area contributed by atoms with Crippen molar-refractivity contribution < 1.29 is 19.1 Å². The Balaban J connectivity index is 3.58. The number of halogens is 1. The Hall–Kier alpha value is -1.10. The highest BCUT2D eigenvalue weighted by Gasteiger charge is 2.15. The fourth-order valence-electron chi connectivity index (χ4n) is 5.29. The Morgan fingerprint density at radius 2 is 0.841 bits per heavy atom. The van der Waals surface area contributed by atoms with Gasteiger partial charge in [0, 0.05) is 18.2 Å². The second-order valence-electron chi connectivity index (χ2n) is 12.6. The highest BCUT2D eigenvalue weighted by molar-refractivity contribution is 9.09. The summed E-state index contributed by atoms with van der Waals surface area (Å²) < 4.78 is 10.9. The van der Waals surface area contributed by atoms with Gasteiger partial charge in [0.2, 0.25) is 0 Å². The van der Waals surface area contributed by atoms with Crippen molar-refractivity contribution in [2.75, 3.05) is 11.9 Å². The monoisotopic (exact) mass is 682 g/mol. The van der Waals surface area contributed by atoms with Crippen molar-refractivity contribution in [2.24, 2.45) is 0 Å². The van der Waals surface area contributed by atoms with Crippen LogP contribution >= 0.6 is 15.9 Å². The topological polar surface area (TPSA) is 52.6 Å². The number of unbranched alkanes of at least 4 members (excludes halogenated alkanes) is 22. The fraction of sp³-hybridized carbons (Fsp3) is 0.846. The van der Waals surface area contributed by atoms with Crippen LogP contribution in [-0.4, -0.2) is 30.0 Å². The summed E-state index contributed by atoms with van der Waals surface area (Å²) in [4.78, 5) is 24.3. The van der Waals surface area contributed by atoms with Gasteiger partial charge in [-0.15, -0.1) is 0 Å². The smallest absolute Gasteiger partial charge is 0.306 e. The number of rotatable bonds is 34. The van der Waals surface area contributed by atoms with Crippen molar-refractivity contribution in [3.05, 3.63) is 24.3 Å². The summed E-state index contributed by atoms with van der Waals surface area (Å²) in [6, 6.07) is 0. The number of hydrogen-bond donors (Lipinski definition) is 0. The molecule has 5 heteroatoms. The summed E-state index contributed by atoms with van der Waals surface area (Å²) in [5.74, 6) is -0.387. The summed E-state index contributed by atoms with van der Waals surface area (Å²) in [6.07, 6.45) is 42.0. The van der Waals surface area contributed by atoms with E-state index in [9.17, 15) is 9.59 Å². The second kappa shape index (κ2) is 36.4. The van der Waals surface area contributed by atoms with E-state index in [1.165, 1.54) is 128 Å². The van der Waals surface area contributed by atoms with Crippen molar-refractivity contribution in [1.82, 2.24) is 0 Å². The third-order valence-electron chi connectivity index (χ3n) is 8.19. The first-order valence-corrected chi connectivity index (χ1v) is 20.0. The molecule has 0 heterocycles. The molecule has 0 saturated heterocycles. The molecule has 0 aromatic carbocycles. The number of hydrogen-bond acceptors (Lipinski definition) is 4. The summed E-state index contributed by atoms with van der Waals surface area (Å²) in [5, 5.41) is 0.478. The van der Waals surface area contributed by atoms with E-state index in [4.69, 9.17) is 9.47 Å². The van der Waals surface area contributed by atoms with E-state index in [1.807, 2.05) is 0 Å². The zero-order valence-electron chi connectivity index (χ0n) is 29.1. The van der Waals surface area contributed by atoms with Gasteiger partial charge in [-0.3, -0.25) is 9.59 Å². The van der Waals surface area contributed by atoms with Gasteiger partial charge in [0.05, 0.1) is 0 Å². The minimum absolute atomic E-state index is 0.132. The standard InChI is InChI=1S/C39H71BrO4/c1-3-5-7-9-11-13-15-17-19-21-23-25-27-29-31-33-38(41)43-36-37(35-40)44-39(42)34-32-30-28-26-24-22-20-18-16-14-12-10-8-6-4-2/h17-20,37H,3-16,21-36H2,1-2H3/b19-17-,20-18-. The van der Waals surface area contributed by atoms with Crippen LogP contribution in [0.15, 0.2) is 24.3 Å². The molecule has 0 fully saturated rings. The molecule has 0 rings (SSSR count). The van der Waals surface area contributed by atoms with E-state index in [2.05, 4.69) is 54.1 Å². The molecule has 0 aromatic heterocycles. The molecule has 4 nitrogen and oxygen atoms in total. The SMILES string of the molecule is CCCCCCCC/C=C\CCCCCCCC(=O)OCC(CBr)OC(=O)CCCCCCC/C=C\CCCCCCCC. The number of esters is 2. The summed E-state index contributed by atoms with van der Waals surface area (Å²) in [6.45, 7) is 4.66. The first-order valence-electron chi connectivity index (χ1n) is 18.8. The summed E-state index contributed by atoms with van der Waals surface area (Å²) in [5.41, 5.74) is 0. The van der Waals surface area contributed by atoms with Gasteiger partial charge in [0.1, 0.15) is 12.7 Å². The van der Waals surface area contributed by atoms with Crippen LogP contribution in [0.4, 0.5) is 0 Å². The van der Waals surface area contributed by atoms with Crippen LogP contribution in [0, 0.1) is 0 Å². The van der Waals surface area contributed by atoms with E-state index in [0.717, 1.165) is 38.5 Å². The molecule has 1 unspecified atom stereocenters. The number of carbonyl (C=O) groups is 2. The lowest BCUT2D eigenvalue weighted by Gasteiger charge is -2.15. The molecule has 0 bridgehead atoms. The average molecular weight is 684 g/mol. The molecular formula is C39H71BrO4. The molecule has 0 aliphatic heterocycles. The molecule has 0 aliphatic rings. The highest BCUT2D eigenvalue weighted by Crippen LogP contribution is 2.13. The van der Waals surface area contributed by atoms with Crippen LogP contribution in [0.1, 0.15) is 194 Å². The molecule has 0 N–H and O–H groups in total. The highest BCUT2D eigenvalue weighted by atomic mass is 79.9. The molecule has 0 saturated carbocycles. The van der Waals surface area contributed by atoms with Gasteiger partial charge in [-0.25, -0.2) is 0 Å². The zero-order valence-corrected chi connectivity index (χ0v) is 30.7. The maximum atomic E-state index is 12.2. The first-order chi connectivity index (χ1) is 21.6. The Bertz CT molecular complexity index is 675. The zero-order chi connectivity index (χ0) is 32.2. The van der Waals surface area contributed by atoms with Gasteiger partial charge in [-0.1, -0.05) is 157 Å². The van der Waals surface area contributed by atoms with Crippen molar-refractivity contribution in [3.8, 4) is 0 Å². The molecule has 1 atom stereocenters. The molecule has 0 aromatic rings. The van der Waals surface area contributed by atoms with Gasteiger partial charge < -0.3 is 9.47 Å². The van der Waals surface area contributed by atoms with E-state index >= 15 is 0 Å². The Morgan fingerprint density at radius 1 is 0.500 bits per heavy atom. The summed E-state index contributed by atoms with van der Waals surface area (Å²) >= 11 is 3.39. The van der Waals surface area contributed by atoms with Crippen LogP contribution in [0.25, 0.3) is 0 Å².